The molecule has 1 aliphatic rings. The van der Waals surface area contributed by atoms with Gasteiger partial charge in [0.05, 0.1) is 34.4 Å². The van der Waals surface area contributed by atoms with E-state index in [1.54, 1.807) is 31.2 Å². The van der Waals surface area contributed by atoms with E-state index in [1.807, 2.05) is 12.1 Å². The Morgan fingerprint density at radius 3 is 2.26 bits per heavy atom. The van der Waals surface area contributed by atoms with Crippen molar-refractivity contribution in [2.45, 2.75) is 18.0 Å². The van der Waals surface area contributed by atoms with Crippen molar-refractivity contribution >= 4 is 44.6 Å². The minimum Gasteiger partial charge on any atom is -0.378 e. The van der Waals surface area contributed by atoms with Crippen LogP contribution in [0.4, 0.5) is 30.2 Å². The first kappa shape index (κ1) is 27.7. The third-order valence-corrected chi connectivity index (χ3v) is 8.08. The molecule has 1 N–H and O–H groups in total. The van der Waals surface area contributed by atoms with Crippen LogP contribution in [-0.2, 0) is 25.7 Å². The molecule has 4 rings (SSSR count). The van der Waals surface area contributed by atoms with Crippen LogP contribution >= 0.6 is 11.6 Å². The smallest absolute Gasteiger partial charge is 0.378 e. The van der Waals surface area contributed by atoms with Gasteiger partial charge in [-0.3, -0.25) is 9.10 Å². The fourth-order valence-electron chi connectivity index (χ4n) is 3.95. The first-order valence-corrected chi connectivity index (χ1v) is 13.5. The van der Waals surface area contributed by atoms with E-state index < -0.39 is 39.2 Å². The van der Waals surface area contributed by atoms with Crippen LogP contribution in [0.5, 0.6) is 0 Å². The number of carbonyl (C=O) groups excluding carboxylic acids is 1. The van der Waals surface area contributed by atoms with Gasteiger partial charge in [0, 0.05) is 24.5 Å². The van der Waals surface area contributed by atoms with Gasteiger partial charge < -0.3 is 15.0 Å². The van der Waals surface area contributed by atoms with Gasteiger partial charge in [-0.1, -0.05) is 29.3 Å². The summed E-state index contributed by atoms with van der Waals surface area (Å²) in [6.07, 6.45) is -4.82. The normalized spacial score (nSPS) is 14.3. The van der Waals surface area contributed by atoms with Gasteiger partial charge in [-0.05, 0) is 61.5 Å². The molecular formula is C26H25ClF3N3O4S. The van der Waals surface area contributed by atoms with Gasteiger partial charge in [0.1, 0.15) is 6.54 Å². The van der Waals surface area contributed by atoms with Gasteiger partial charge in [0.2, 0.25) is 5.91 Å². The van der Waals surface area contributed by atoms with Crippen LogP contribution in [0, 0.1) is 6.92 Å². The third kappa shape index (κ3) is 6.40. The second-order valence-corrected chi connectivity index (χ2v) is 11.0. The highest BCUT2D eigenvalue weighted by Gasteiger charge is 2.35. The minimum atomic E-state index is -4.82. The number of aryl methyl sites for hydroxylation is 1. The Balaban J connectivity index is 1.62. The van der Waals surface area contributed by atoms with Gasteiger partial charge in [0.25, 0.3) is 10.0 Å². The predicted molar refractivity (Wildman–Crippen MR) is 140 cm³/mol. The van der Waals surface area contributed by atoms with E-state index in [1.165, 1.54) is 12.1 Å². The van der Waals surface area contributed by atoms with Crippen molar-refractivity contribution in [2.75, 3.05) is 47.4 Å². The number of nitrogens with one attached hydrogen (secondary N) is 1. The molecule has 1 saturated heterocycles. The lowest BCUT2D eigenvalue weighted by Gasteiger charge is -2.29. The molecule has 0 radical (unpaired) electrons. The van der Waals surface area contributed by atoms with Crippen LogP contribution in [0.2, 0.25) is 5.02 Å². The van der Waals surface area contributed by atoms with E-state index in [0.717, 1.165) is 36.5 Å². The molecule has 1 fully saturated rings. The van der Waals surface area contributed by atoms with E-state index in [9.17, 15) is 26.4 Å². The zero-order valence-corrected chi connectivity index (χ0v) is 21.9. The Kier molecular flexibility index (Phi) is 8.19. The number of ether oxygens (including phenoxy) is 1. The summed E-state index contributed by atoms with van der Waals surface area (Å²) in [7, 11) is -4.41. The molecule has 202 valence electrons. The minimum absolute atomic E-state index is 0.172. The zero-order valence-electron chi connectivity index (χ0n) is 20.3. The highest BCUT2D eigenvalue weighted by Crippen LogP contribution is 2.38. The third-order valence-electron chi connectivity index (χ3n) is 5.97. The molecule has 12 heteroatoms. The lowest BCUT2D eigenvalue weighted by molar-refractivity contribution is -0.137. The molecule has 0 aromatic heterocycles. The number of hydrogen-bond donors (Lipinski definition) is 1. The Bertz CT molecular complexity index is 1390. The molecule has 0 unspecified atom stereocenters. The summed E-state index contributed by atoms with van der Waals surface area (Å²) in [5.74, 6) is -0.733. The van der Waals surface area contributed by atoms with Crippen molar-refractivity contribution in [3.05, 3.63) is 82.9 Å². The number of anilines is 3. The first-order chi connectivity index (χ1) is 17.9. The summed E-state index contributed by atoms with van der Waals surface area (Å²) >= 11 is 5.74. The number of morpholine rings is 1. The van der Waals surface area contributed by atoms with Gasteiger partial charge >= 0.3 is 6.18 Å². The Morgan fingerprint density at radius 1 is 1.03 bits per heavy atom. The molecular weight excluding hydrogens is 543 g/mol. The molecule has 0 atom stereocenters. The quantitative estimate of drug-likeness (QED) is 0.417. The Morgan fingerprint density at radius 2 is 1.66 bits per heavy atom. The lowest BCUT2D eigenvalue weighted by Crippen LogP contribution is -2.38. The van der Waals surface area contributed by atoms with E-state index in [4.69, 9.17) is 16.3 Å². The van der Waals surface area contributed by atoms with Crippen molar-refractivity contribution in [1.82, 2.24) is 0 Å². The predicted octanol–water partition coefficient (Wildman–Crippen LogP) is 5.34. The van der Waals surface area contributed by atoms with Crippen molar-refractivity contribution in [2.24, 2.45) is 0 Å². The fraction of sp³-hybridized carbons (Fsp3) is 0.269. The molecule has 1 heterocycles. The molecule has 3 aromatic carbocycles. The van der Waals surface area contributed by atoms with Crippen LogP contribution in [0.15, 0.2) is 71.6 Å². The van der Waals surface area contributed by atoms with Crippen LogP contribution in [0.3, 0.4) is 0 Å². The number of amides is 1. The number of alkyl halides is 3. The van der Waals surface area contributed by atoms with E-state index in [-0.39, 0.29) is 10.6 Å². The van der Waals surface area contributed by atoms with Crippen LogP contribution in [0.25, 0.3) is 0 Å². The SMILES string of the molecule is Cc1ccc(S(=O)(=O)N(CC(=O)Nc2ccc(N3CCOCC3)cc2)c2ccc(Cl)c(C(F)(F)F)c2)cc1. The van der Waals surface area contributed by atoms with Gasteiger partial charge in [-0.25, -0.2) is 8.42 Å². The van der Waals surface area contributed by atoms with Crippen molar-refractivity contribution < 1.29 is 31.1 Å². The molecule has 0 aliphatic carbocycles. The van der Waals surface area contributed by atoms with Crippen molar-refractivity contribution in [3.63, 3.8) is 0 Å². The highest BCUT2D eigenvalue weighted by molar-refractivity contribution is 7.92. The number of benzene rings is 3. The van der Waals surface area contributed by atoms with E-state index >= 15 is 0 Å². The summed E-state index contributed by atoms with van der Waals surface area (Å²) in [5, 5.41) is 2.04. The maximum absolute atomic E-state index is 13.5. The topological polar surface area (TPSA) is 79.0 Å². The average Bonchev–Trinajstić information content (AvgIpc) is 2.88. The number of nitrogens with zero attached hydrogens (tertiary/aromatic N) is 2. The van der Waals surface area contributed by atoms with E-state index in [2.05, 4.69) is 10.2 Å². The van der Waals surface area contributed by atoms with Crippen LogP contribution in [0.1, 0.15) is 11.1 Å². The summed E-state index contributed by atoms with van der Waals surface area (Å²) in [6.45, 7) is 3.70. The first-order valence-electron chi connectivity index (χ1n) is 11.6. The zero-order chi connectivity index (χ0) is 27.5. The molecule has 38 heavy (non-hydrogen) atoms. The number of hydrogen-bond acceptors (Lipinski definition) is 5. The highest BCUT2D eigenvalue weighted by atomic mass is 35.5. The molecule has 0 saturated carbocycles. The second kappa shape index (κ2) is 11.2. The average molecular weight is 568 g/mol. The monoisotopic (exact) mass is 567 g/mol. The largest absolute Gasteiger partial charge is 0.417 e. The fourth-order valence-corrected chi connectivity index (χ4v) is 5.58. The van der Waals surface area contributed by atoms with Gasteiger partial charge in [-0.15, -0.1) is 0 Å². The number of rotatable bonds is 7. The van der Waals surface area contributed by atoms with Crippen LogP contribution in [-0.4, -0.2) is 47.2 Å². The number of halogens is 4. The standard InChI is InChI=1S/C26H25ClF3N3O4S/c1-18-2-9-22(10-3-18)38(35,36)33(21-8-11-24(27)23(16-21)26(28,29)30)17-25(34)31-19-4-6-20(7-5-19)32-12-14-37-15-13-32/h2-11,16H,12-15,17H2,1H3,(H,31,34). The molecule has 0 spiro atoms. The summed E-state index contributed by atoms with van der Waals surface area (Å²) in [6, 6.07) is 15.5. The van der Waals surface area contributed by atoms with Gasteiger partial charge in [-0.2, -0.15) is 13.2 Å². The second-order valence-electron chi connectivity index (χ2n) is 8.68. The molecule has 3 aromatic rings. The lowest BCUT2D eigenvalue weighted by atomic mass is 10.2. The summed E-state index contributed by atoms with van der Waals surface area (Å²) in [5.41, 5.74) is 0.585. The van der Waals surface area contributed by atoms with Crippen molar-refractivity contribution in [3.8, 4) is 0 Å². The van der Waals surface area contributed by atoms with E-state index in [0.29, 0.717) is 29.3 Å². The van der Waals surface area contributed by atoms with Crippen LogP contribution < -0.4 is 14.5 Å². The molecule has 1 aliphatic heterocycles. The summed E-state index contributed by atoms with van der Waals surface area (Å²) < 4.78 is 73.6. The maximum atomic E-state index is 13.5. The molecule has 0 bridgehead atoms. The number of carbonyl (C=O) groups is 1. The maximum Gasteiger partial charge on any atom is 0.417 e. The Labute approximate surface area is 223 Å². The molecule has 1 amide bonds. The summed E-state index contributed by atoms with van der Waals surface area (Å²) in [4.78, 5) is 14.9. The molecule has 7 nitrogen and oxygen atoms in total. The van der Waals surface area contributed by atoms with Crippen molar-refractivity contribution in [1.29, 1.82) is 0 Å². The van der Waals surface area contributed by atoms with Gasteiger partial charge in [0.15, 0.2) is 0 Å². The number of sulfonamides is 1. The Hall–Kier alpha value is -3.28.